The first kappa shape index (κ1) is 22.2. The Morgan fingerprint density at radius 1 is 1.10 bits per heavy atom. The number of hydrogen-bond donors (Lipinski definition) is 2. The van der Waals surface area contributed by atoms with Crippen LogP contribution in [0.2, 0.25) is 0 Å². The zero-order valence-corrected chi connectivity index (χ0v) is 16.8. The SMILES string of the molecule is COc1ccc(C)cc1NC(=O)CNC(=O)CN(C)CCOc1ccccc1F. The molecule has 0 aliphatic rings. The number of rotatable bonds is 10. The Hall–Kier alpha value is -3.13. The van der Waals surface area contributed by atoms with Crippen molar-refractivity contribution in [1.82, 2.24) is 10.2 Å². The first-order chi connectivity index (χ1) is 13.9. The van der Waals surface area contributed by atoms with Crippen LogP contribution in [-0.4, -0.2) is 57.1 Å². The highest BCUT2D eigenvalue weighted by atomic mass is 19.1. The molecule has 0 heterocycles. The Morgan fingerprint density at radius 2 is 1.86 bits per heavy atom. The van der Waals surface area contributed by atoms with Crippen LogP contribution >= 0.6 is 0 Å². The fraction of sp³-hybridized carbons (Fsp3) is 0.333. The number of carbonyl (C=O) groups excluding carboxylic acids is 2. The maximum atomic E-state index is 13.5. The van der Waals surface area contributed by atoms with E-state index in [1.165, 1.54) is 13.2 Å². The van der Waals surface area contributed by atoms with E-state index in [-0.39, 0.29) is 37.3 Å². The number of para-hydroxylation sites is 1. The van der Waals surface area contributed by atoms with Gasteiger partial charge in [-0.1, -0.05) is 18.2 Å². The summed E-state index contributed by atoms with van der Waals surface area (Å²) >= 11 is 0. The van der Waals surface area contributed by atoms with Crippen LogP contribution in [0.3, 0.4) is 0 Å². The van der Waals surface area contributed by atoms with Crippen molar-refractivity contribution in [1.29, 1.82) is 0 Å². The van der Waals surface area contributed by atoms with Crippen LogP contribution in [-0.2, 0) is 9.59 Å². The number of carbonyl (C=O) groups is 2. The minimum absolute atomic E-state index is 0.0850. The average Bonchev–Trinajstić information content (AvgIpc) is 2.68. The van der Waals surface area contributed by atoms with Gasteiger partial charge in [0.1, 0.15) is 12.4 Å². The molecule has 0 unspecified atom stereocenters. The van der Waals surface area contributed by atoms with Gasteiger partial charge in [0, 0.05) is 6.54 Å². The largest absolute Gasteiger partial charge is 0.495 e. The highest BCUT2D eigenvalue weighted by Crippen LogP contribution is 2.24. The number of nitrogens with zero attached hydrogens (tertiary/aromatic N) is 1. The highest BCUT2D eigenvalue weighted by molar-refractivity contribution is 5.96. The Balaban J connectivity index is 1.70. The van der Waals surface area contributed by atoms with Crippen molar-refractivity contribution in [2.45, 2.75) is 6.92 Å². The maximum Gasteiger partial charge on any atom is 0.243 e. The van der Waals surface area contributed by atoms with Gasteiger partial charge in [0.2, 0.25) is 11.8 Å². The Labute approximate surface area is 169 Å². The Morgan fingerprint density at radius 3 is 2.59 bits per heavy atom. The van der Waals surface area contributed by atoms with E-state index in [0.717, 1.165) is 5.56 Å². The molecule has 2 rings (SSSR count). The molecule has 2 aromatic rings. The van der Waals surface area contributed by atoms with Crippen LogP contribution in [0.1, 0.15) is 5.56 Å². The molecular formula is C21H26FN3O4. The molecule has 0 radical (unpaired) electrons. The van der Waals surface area contributed by atoms with E-state index in [0.29, 0.717) is 18.0 Å². The summed E-state index contributed by atoms with van der Waals surface area (Å²) < 4.78 is 24.1. The van der Waals surface area contributed by atoms with Crippen molar-refractivity contribution < 1.29 is 23.5 Å². The lowest BCUT2D eigenvalue weighted by molar-refractivity contribution is -0.124. The predicted octanol–water partition coefficient (Wildman–Crippen LogP) is 2.21. The van der Waals surface area contributed by atoms with E-state index in [2.05, 4.69) is 10.6 Å². The number of nitrogens with one attached hydrogen (secondary N) is 2. The van der Waals surface area contributed by atoms with Gasteiger partial charge < -0.3 is 20.1 Å². The van der Waals surface area contributed by atoms with E-state index in [1.807, 2.05) is 13.0 Å². The standard InChI is InChI=1S/C21H26FN3O4/c1-15-8-9-19(28-3)17(12-15)24-20(26)13-23-21(27)14-25(2)10-11-29-18-7-5-4-6-16(18)22/h4-9,12H,10-11,13-14H2,1-3H3,(H,23,27)(H,24,26). The third-order valence-electron chi connectivity index (χ3n) is 4.06. The number of hydrogen-bond acceptors (Lipinski definition) is 5. The minimum atomic E-state index is -0.427. The van der Waals surface area contributed by atoms with Gasteiger partial charge in [-0.25, -0.2) is 4.39 Å². The van der Waals surface area contributed by atoms with Crippen LogP contribution in [0.4, 0.5) is 10.1 Å². The van der Waals surface area contributed by atoms with Gasteiger partial charge in [0.05, 0.1) is 25.9 Å². The second-order valence-electron chi connectivity index (χ2n) is 6.55. The van der Waals surface area contributed by atoms with Gasteiger partial charge in [0.25, 0.3) is 0 Å². The lowest BCUT2D eigenvalue weighted by atomic mass is 10.2. The van der Waals surface area contributed by atoms with Crippen molar-refractivity contribution >= 4 is 17.5 Å². The van der Waals surface area contributed by atoms with Crippen LogP contribution in [0.25, 0.3) is 0 Å². The summed E-state index contributed by atoms with van der Waals surface area (Å²) in [5.74, 6) is -0.361. The fourth-order valence-electron chi connectivity index (χ4n) is 2.55. The molecular weight excluding hydrogens is 377 g/mol. The van der Waals surface area contributed by atoms with Crippen LogP contribution in [0, 0.1) is 12.7 Å². The summed E-state index contributed by atoms with van der Waals surface area (Å²) in [5.41, 5.74) is 1.53. The molecule has 0 saturated carbocycles. The first-order valence-corrected chi connectivity index (χ1v) is 9.16. The van der Waals surface area contributed by atoms with Crippen molar-refractivity contribution in [2.75, 3.05) is 45.7 Å². The van der Waals surface area contributed by atoms with Crippen LogP contribution < -0.4 is 20.1 Å². The normalized spacial score (nSPS) is 10.5. The molecule has 0 atom stereocenters. The van der Waals surface area contributed by atoms with Gasteiger partial charge in [-0.3, -0.25) is 14.5 Å². The van der Waals surface area contributed by atoms with Crippen molar-refractivity contribution in [3.05, 3.63) is 53.8 Å². The Kier molecular flexibility index (Phi) is 8.42. The van der Waals surface area contributed by atoms with Gasteiger partial charge in [-0.15, -0.1) is 0 Å². The lowest BCUT2D eigenvalue weighted by Gasteiger charge is -2.17. The summed E-state index contributed by atoms with van der Waals surface area (Å²) in [6.07, 6.45) is 0. The third kappa shape index (κ3) is 7.42. The fourth-order valence-corrected chi connectivity index (χ4v) is 2.55. The second-order valence-corrected chi connectivity index (χ2v) is 6.55. The summed E-state index contributed by atoms with van der Waals surface area (Å²) in [5, 5.41) is 5.29. The van der Waals surface area contributed by atoms with Crippen LogP contribution in [0.5, 0.6) is 11.5 Å². The van der Waals surface area contributed by atoms with Crippen LogP contribution in [0.15, 0.2) is 42.5 Å². The summed E-state index contributed by atoms with van der Waals surface area (Å²) in [6.45, 7) is 2.49. The second kappa shape index (κ2) is 11.0. The quantitative estimate of drug-likeness (QED) is 0.636. The number of methoxy groups -OCH3 is 1. The van der Waals surface area contributed by atoms with E-state index in [1.54, 1.807) is 42.3 Å². The summed E-state index contributed by atoms with van der Waals surface area (Å²) in [4.78, 5) is 25.8. The molecule has 156 valence electrons. The number of benzene rings is 2. The zero-order chi connectivity index (χ0) is 21.2. The van der Waals surface area contributed by atoms with Crippen molar-refractivity contribution in [3.63, 3.8) is 0 Å². The third-order valence-corrected chi connectivity index (χ3v) is 4.06. The van der Waals surface area contributed by atoms with Gasteiger partial charge in [-0.05, 0) is 43.8 Å². The van der Waals surface area contributed by atoms with Gasteiger partial charge >= 0.3 is 0 Å². The van der Waals surface area contributed by atoms with E-state index in [4.69, 9.17) is 9.47 Å². The maximum absolute atomic E-state index is 13.5. The summed E-state index contributed by atoms with van der Waals surface area (Å²) in [6, 6.07) is 11.6. The number of likely N-dealkylation sites (N-methyl/N-ethyl adjacent to an activating group) is 1. The monoisotopic (exact) mass is 403 g/mol. The lowest BCUT2D eigenvalue weighted by Crippen LogP contribution is -2.40. The molecule has 0 aliphatic carbocycles. The molecule has 0 bridgehead atoms. The van der Waals surface area contributed by atoms with E-state index >= 15 is 0 Å². The molecule has 2 amide bonds. The minimum Gasteiger partial charge on any atom is -0.495 e. The molecule has 2 N–H and O–H groups in total. The predicted molar refractivity (Wildman–Crippen MR) is 109 cm³/mol. The number of halogens is 1. The topological polar surface area (TPSA) is 79.9 Å². The summed E-state index contributed by atoms with van der Waals surface area (Å²) in [7, 11) is 3.26. The molecule has 0 aromatic heterocycles. The molecule has 8 heteroatoms. The number of amides is 2. The smallest absolute Gasteiger partial charge is 0.243 e. The van der Waals surface area contributed by atoms with E-state index in [9.17, 15) is 14.0 Å². The molecule has 29 heavy (non-hydrogen) atoms. The molecule has 0 aliphatic heterocycles. The van der Waals surface area contributed by atoms with Gasteiger partial charge in [0.15, 0.2) is 11.6 Å². The molecule has 0 saturated heterocycles. The number of aryl methyl sites for hydroxylation is 1. The van der Waals surface area contributed by atoms with Crippen molar-refractivity contribution in [3.8, 4) is 11.5 Å². The van der Waals surface area contributed by atoms with E-state index < -0.39 is 5.82 Å². The number of ether oxygens (including phenoxy) is 2. The van der Waals surface area contributed by atoms with Crippen molar-refractivity contribution in [2.24, 2.45) is 0 Å². The molecule has 7 nitrogen and oxygen atoms in total. The number of anilines is 1. The Bertz CT molecular complexity index is 844. The average molecular weight is 403 g/mol. The first-order valence-electron chi connectivity index (χ1n) is 9.16. The zero-order valence-electron chi connectivity index (χ0n) is 16.8. The van der Waals surface area contributed by atoms with Gasteiger partial charge in [-0.2, -0.15) is 0 Å². The molecule has 0 fully saturated rings. The molecule has 2 aromatic carbocycles. The molecule has 0 spiro atoms. The highest BCUT2D eigenvalue weighted by Gasteiger charge is 2.11.